The molecule has 0 radical (unpaired) electrons. The average Bonchev–Trinajstić information content (AvgIpc) is 2.36. The van der Waals surface area contributed by atoms with Crippen molar-refractivity contribution in [1.29, 1.82) is 0 Å². The van der Waals surface area contributed by atoms with E-state index in [-0.39, 0.29) is 11.0 Å². The molecule has 1 aromatic carbocycles. The first-order chi connectivity index (χ1) is 10.00. The van der Waals surface area contributed by atoms with Crippen LogP contribution in [-0.2, 0) is 5.41 Å². The van der Waals surface area contributed by atoms with Crippen LogP contribution in [0.5, 0.6) is 0 Å². The zero-order valence-electron chi connectivity index (χ0n) is 15.8. The Morgan fingerprint density at radius 3 is 1.64 bits per heavy atom. The highest BCUT2D eigenvalue weighted by Crippen LogP contribution is 2.30. The van der Waals surface area contributed by atoms with E-state index in [1.54, 1.807) is 0 Å². The van der Waals surface area contributed by atoms with Gasteiger partial charge in [0.05, 0.1) is 0 Å². The minimum atomic E-state index is 0.223. The lowest BCUT2D eigenvalue weighted by molar-refractivity contribution is 0.0949. The van der Waals surface area contributed by atoms with Crippen LogP contribution in [0.4, 0.5) is 5.69 Å². The summed E-state index contributed by atoms with van der Waals surface area (Å²) in [6, 6.07) is 10.3. The molecule has 22 heavy (non-hydrogen) atoms. The number of rotatable bonds is 1. The molecule has 0 amide bonds. The summed E-state index contributed by atoms with van der Waals surface area (Å²) < 4.78 is 0. The third-order valence-electron chi connectivity index (χ3n) is 4.90. The van der Waals surface area contributed by atoms with Crippen LogP contribution in [0.25, 0.3) is 0 Å². The second kappa shape index (κ2) is 5.88. The van der Waals surface area contributed by atoms with E-state index in [1.165, 1.54) is 11.3 Å². The summed E-state index contributed by atoms with van der Waals surface area (Å²) >= 11 is 0. The quantitative estimate of drug-likeness (QED) is 0.743. The van der Waals surface area contributed by atoms with Crippen molar-refractivity contribution < 1.29 is 0 Å². The Bertz CT molecular complexity index is 478. The number of piperazine rings is 1. The van der Waals surface area contributed by atoms with E-state index in [1.807, 2.05) is 0 Å². The molecule has 1 aromatic rings. The highest BCUT2D eigenvalue weighted by Gasteiger charge is 2.34. The zero-order valence-corrected chi connectivity index (χ0v) is 15.8. The third kappa shape index (κ3) is 3.65. The molecule has 0 aromatic heterocycles. The minimum absolute atomic E-state index is 0.223. The number of nitrogens with zero attached hydrogens (tertiary/aromatic N) is 2. The second-order valence-electron chi connectivity index (χ2n) is 8.98. The smallest absolute Gasteiger partial charge is 0.0392 e. The first kappa shape index (κ1) is 17.3. The van der Waals surface area contributed by atoms with Crippen LogP contribution in [0.3, 0.4) is 0 Å². The Hall–Kier alpha value is -1.02. The van der Waals surface area contributed by atoms with Gasteiger partial charge in [-0.2, -0.15) is 0 Å². The van der Waals surface area contributed by atoms with E-state index in [9.17, 15) is 0 Å². The van der Waals surface area contributed by atoms with Gasteiger partial charge in [0.15, 0.2) is 0 Å². The summed E-state index contributed by atoms with van der Waals surface area (Å²) in [6.45, 7) is 20.8. The van der Waals surface area contributed by atoms with Crippen LogP contribution >= 0.6 is 0 Å². The SMILES string of the molecule is CC1CN(C(C)(C)C)CC(C)N1c1ccc(C(C)(C)C)cc1. The fraction of sp³-hybridized carbons (Fsp3) is 0.700. The van der Waals surface area contributed by atoms with E-state index in [2.05, 4.69) is 89.5 Å². The van der Waals surface area contributed by atoms with Gasteiger partial charge in [-0.15, -0.1) is 0 Å². The monoisotopic (exact) mass is 302 g/mol. The van der Waals surface area contributed by atoms with Gasteiger partial charge in [0, 0.05) is 36.4 Å². The van der Waals surface area contributed by atoms with Gasteiger partial charge in [0.1, 0.15) is 0 Å². The molecule has 1 saturated heterocycles. The number of anilines is 1. The van der Waals surface area contributed by atoms with Gasteiger partial charge < -0.3 is 4.90 Å². The predicted molar refractivity (Wildman–Crippen MR) is 97.9 cm³/mol. The second-order valence-corrected chi connectivity index (χ2v) is 8.98. The van der Waals surface area contributed by atoms with Crippen molar-refractivity contribution in [2.75, 3.05) is 18.0 Å². The van der Waals surface area contributed by atoms with Crippen molar-refractivity contribution in [3.63, 3.8) is 0 Å². The van der Waals surface area contributed by atoms with E-state index in [0.717, 1.165) is 13.1 Å². The Labute approximate surface area is 137 Å². The molecule has 1 aliphatic rings. The summed E-state index contributed by atoms with van der Waals surface area (Å²) in [4.78, 5) is 5.21. The molecule has 0 aliphatic carbocycles. The molecule has 1 fully saturated rings. The molecule has 1 heterocycles. The van der Waals surface area contributed by atoms with E-state index in [4.69, 9.17) is 0 Å². The third-order valence-corrected chi connectivity index (χ3v) is 4.90. The van der Waals surface area contributed by atoms with Crippen molar-refractivity contribution >= 4 is 5.69 Å². The van der Waals surface area contributed by atoms with E-state index < -0.39 is 0 Å². The van der Waals surface area contributed by atoms with E-state index in [0.29, 0.717) is 12.1 Å². The molecule has 2 unspecified atom stereocenters. The highest BCUT2D eigenvalue weighted by molar-refractivity contribution is 5.51. The maximum Gasteiger partial charge on any atom is 0.0392 e. The molecule has 0 bridgehead atoms. The Morgan fingerprint density at radius 2 is 1.27 bits per heavy atom. The van der Waals surface area contributed by atoms with Crippen molar-refractivity contribution in [3.05, 3.63) is 29.8 Å². The van der Waals surface area contributed by atoms with Crippen LogP contribution in [-0.4, -0.2) is 35.6 Å². The van der Waals surface area contributed by atoms with Gasteiger partial charge in [-0.1, -0.05) is 32.9 Å². The molecule has 0 N–H and O–H groups in total. The van der Waals surface area contributed by atoms with Gasteiger partial charge in [-0.3, -0.25) is 4.90 Å². The predicted octanol–water partition coefficient (Wildman–Crippen LogP) is 4.68. The van der Waals surface area contributed by atoms with Gasteiger partial charge in [-0.25, -0.2) is 0 Å². The maximum atomic E-state index is 2.61. The van der Waals surface area contributed by atoms with Crippen LogP contribution in [0.15, 0.2) is 24.3 Å². The molecule has 2 rings (SSSR count). The Kier molecular flexibility index (Phi) is 4.64. The lowest BCUT2D eigenvalue weighted by Gasteiger charge is -2.50. The lowest BCUT2D eigenvalue weighted by atomic mass is 9.87. The summed E-state index contributed by atoms with van der Waals surface area (Å²) in [6.07, 6.45) is 0. The van der Waals surface area contributed by atoms with E-state index >= 15 is 0 Å². The standard InChI is InChI=1S/C20H34N2/c1-15-13-21(20(6,7)8)14-16(2)22(15)18-11-9-17(10-12-18)19(3,4)5/h9-12,15-16H,13-14H2,1-8H3. The van der Waals surface area contributed by atoms with Gasteiger partial charge in [0.2, 0.25) is 0 Å². The molecular weight excluding hydrogens is 268 g/mol. The van der Waals surface area contributed by atoms with Gasteiger partial charge >= 0.3 is 0 Å². The Balaban J connectivity index is 2.19. The molecule has 2 atom stereocenters. The summed E-state index contributed by atoms with van der Waals surface area (Å²) in [5.74, 6) is 0. The minimum Gasteiger partial charge on any atom is -0.364 e. The first-order valence-corrected chi connectivity index (χ1v) is 8.64. The molecule has 124 valence electrons. The van der Waals surface area contributed by atoms with Crippen LogP contribution in [0.1, 0.15) is 61.0 Å². The molecule has 1 aliphatic heterocycles. The van der Waals surface area contributed by atoms with Crippen LogP contribution in [0, 0.1) is 0 Å². The molecule has 0 saturated carbocycles. The van der Waals surface area contributed by atoms with Crippen LogP contribution < -0.4 is 4.90 Å². The zero-order chi connectivity index (χ0) is 16.7. The normalized spacial score (nSPS) is 24.6. The average molecular weight is 303 g/mol. The largest absolute Gasteiger partial charge is 0.364 e. The first-order valence-electron chi connectivity index (χ1n) is 8.64. The Morgan fingerprint density at radius 1 is 0.818 bits per heavy atom. The number of hydrogen-bond acceptors (Lipinski definition) is 2. The van der Waals surface area contributed by atoms with Crippen LogP contribution in [0.2, 0.25) is 0 Å². The molecule has 2 heteroatoms. The maximum absolute atomic E-state index is 2.61. The lowest BCUT2D eigenvalue weighted by Crippen LogP contribution is -2.61. The number of benzene rings is 1. The summed E-state index contributed by atoms with van der Waals surface area (Å²) in [7, 11) is 0. The fourth-order valence-electron chi connectivity index (χ4n) is 3.51. The molecule has 0 spiro atoms. The van der Waals surface area contributed by atoms with Crippen molar-refractivity contribution in [2.24, 2.45) is 0 Å². The fourth-order valence-corrected chi connectivity index (χ4v) is 3.51. The molecule has 2 nitrogen and oxygen atoms in total. The van der Waals surface area contributed by atoms with Gasteiger partial charge in [-0.05, 0) is 57.7 Å². The van der Waals surface area contributed by atoms with Gasteiger partial charge in [0.25, 0.3) is 0 Å². The summed E-state index contributed by atoms with van der Waals surface area (Å²) in [5, 5.41) is 0. The van der Waals surface area contributed by atoms with Crippen molar-refractivity contribution in [2.45, 2.75) is 78.4 Å². The van der Waals surface area contributed by atoms with Crippen molar-refractivity contribution in [1.82, 2.24) is 4.90 Å². The number of hydrogen-bond donors (Lipinski definition) is 0. The molecular formula is C20H34N2. The highest BCUT2D eigenvalue weighted by atomic mass is 15.3. The summed E-state index contributed by atoms with van der Waals surface area (Å²) in [5.41, 5.74) is 3.25. The van der Waals surface area contributed by atoms with Crippen molar-refractivity contribution in [3.8, 4) is 0 Å². The topological polar surface area (TPSA) is 6.48 Å².